The van der Waals surface area contributed by atoms with Gasteiger partial charge in [0, 0.05) is 19.5 Å². The molecular formula is C25H23N5O4. The number of aryl methyl sites for hydroxylation is 1. The lowest BCUT2D eigenvalue weighted by molar-refractivity contribution is 0.143. The third-order valence-electron chi connectivity index (χ3n) is 5.97. The van der Waals surface area contributed by atoms with Crippen LogP contribution in [0.5, 0.6) is 0 Å². The summed E-state index contributed by atoms with van der Waals surface area (Å²) in [5.74, 6) is 0.466. The molecule has 0 fully saturated rings. The number of nitrogens with one attached hydrogen (secondary N) is 3. The number of H-pyrrole nitrogens is 2. The van der Waals surface area contributed by atoms with Gasteiger partial charge < -0.3 is 15.0 Å². The van der Waals surface area contributed by atoms with E-state index < -0.39 is 17.3 Å². The number of amides is 1. The molecule has 0 saturated heterocycles. The van der Waals surface area contributed by atoms with E-state index in [0.717, 1.165) is 0 Å². The molecule has 4 aromatic rings. The fraction of sp³-hybridized carbons (Fsp3) is 0.200. The van der Waals surface area contributed by atoms with E-state index in [0.29, 0.717) is 18.8 Å². The summed E-state index contributed by atoms with van der Waals surface area (Å²) in [6, 6.07) is 16.4. The number of ether oxygens (including phenoxy) is 1. The molecule has 0 spiro atoms. The van der Waals surface area contributed by atoms with E-state index in [4.69, 9.17) is 4.74 Å². The van der Waals surface area contributed by atoms with Gasteiger partial charge in [0.1, 0.15) is 17.9 Å². The van der Waals surface area contributed by atoms with Crippen LogP contribution in [-0.4, -0.2) is 38.8 Å². The number of aromatic nitrogens is 4. The Hall–Kier alpha value is -4.40. The second-order valence-corrected chi connectivity index (χ2v) is 8.08. The molecule has 0 radical (unpaired) electrons. The Balaban J connectivity index is 1.15. The number of carbonyl (C=O) groups excluding carboxylic acids is 1. The molecule has 0 saturated carbocycles. The number of alkyl carbamates (subject to hydrolysis) is 1. The maximum atomic E-state index is 12.2. The van der Waals surface area contributed by atoms with Crippen LogP contribution < -0.4 is 16.6 Å². The highest BCUT2D eigenvalue weighted by atomic mass is 16.5. The Morgan fingerprint density at radius 3 is 2.47 bits per heavy atom. The van der Waals surface area contributed by atoms with Gasteiger partial charge in [-0.15, -0.1) is 0 Å². The molecule has 34 heavy (non-hydrogen) atoms. The van der Waals surface area contributed by atoms with E-state index in [2.05, 4.69) is 44.5 Å². The predicted octanol–water partition coefficient (Wildman–Crippen LogP) is 2.89. The van der Waals surface area contributed by atoms with Crippen molar-refractivity contribution in [2.75, 3.05) is 13.2 Å². The largest absolute Gasteiger partial charge is 0.449 e. The number of aromatic amines is 2. The van der Waals surface area contributed by atoms with Crippen molar-refractivity contribution in [2.24, 2.45) is 7.05 Å². The molecule has 2 aromatic carbocycles. The van der Waals surface area contributed by atoms with E-state index in [1.807, 2.05) is 30.3 Å². The first-order valence-corrected chi connectivity index (χ1v) is 11.0. The number of hydrogen-bond acceptors (Lipinski definition) is 5. The van der Waals surface area contributed by atoms with Crippen molar-refractivity contribution in [1.29, 1.82) is 0 Å². The first kappa shape index (κ1) is 21.4. The lowest BCUT2D eigenvalue weighted by Crippen LogP contribution is -2.28. The SMILES string of the molecule is Cn1c(=O)[nH]c(=O)c2[nH]c(C=CCCNC(=O)OCC3c4ccccc4-c4ccccc43)nc21. The molecule has 0 atom stereocenters. The van der Waals surface area contributed by atoms with Crippen LogP contribution >= 0.6 is 0 Å². The van der Waals surface area contributed by atoms with Crippen LogP contribution in [0.3, 0.4) is 0 Å². The van der Waals surface area contributed by atoms with Crippen LogP contribution in [-0.2, 0) is 11.8 Å². The van der Waals surface area contributed by atoms with Gasteiger partial charge in [0.25, 0.3) is 5.56 Å². The second kappa shape index (κ2) is 8.86. The van der Waals surface area contributed by atoms with Crippen molar-refractivity contribution >= 4 is 23.3 Å². The van der Waals surface area contributed by atoms with Gasteiger partial charge in [0.15, 0.2) is 5.65 Å². The molecule has 2 aromatic heterocycles. The molecule has 2 heterocycles. The summed E-state index contributed by atoms with van der Waals surface area (Å²) in [5, 5.41) is 2.75. The summed E-state index contributed by atoms with van der Waals surface area (Å²) in [5.41, 5.74) is 4.19. The number of rotatable bonds is 6. The van der Waals surface area contributed by atoms with Gasteiger partial charge in [-0.2, -0.15) is 0 Å². The van der Waals surface area contributed by atoms with Crippen LogP contribution in [0.2, 0.25) is 0 Å². The lowest BCUT2D eigenvalue weighted by Gasteiger charge is -2.14. The molecule has 1 aliphatic carbocycles. The average Bonchev–Trinajstić information content (AvgIpc) is 3.41. The van der Waals surface area contributed by atoms with Gasteiger partial charge in [-0.25, -0.2) is 14.6 Å². The van der Waals surface area contributed by atoms with Crippen LogP contribution in [0.15, 0.2) is 64.2 Å². The smallest absolute Gasteiger partial charge is 0.407 e. The maximum Gasteiger partial charge on any atom is 0.407 e. The molecule has 9 heteroatoms. The third-order valence-corrected chi connectivity index (χ3v) is 5.97. The Morgan fingerprint density at radius 2 is 1.76 bits per heavy atom. The Labute approximate surface area is 194 Å². The van der Waals surface area contributed by atoms with Gasteiger partial charge in [0.05, 0.1) is 0 Å². The van der Waals surface area contributed by atoms with E-state index in [1.54, 1.807) is 6.08 Å². The van der Waals surface area contributed by atoms with Crippen LogP contribution in [0.25, 0.3) is 28.4 Å². The number of hydrogen-bond donors (Lipinski definition) is 3. The Kier molecular flexibility index (Phi) is 5.59. The highest BCUT2D eigenvalue weighted by Crippen LogP contribution is 2.44. The quantitative estimate of drug-likeness (QED) is 0.384. The number of nitrogens with zero attached hydrogens (tertiary/aromatic N) is 2. The Bertz CT molecular complexity index is 1480. The maximum absolute atomic E-state index is 12.2. The Morgan fingerprint density at radius 1 is 1.09 bits per heavy atom. The number of imidazole rings is 1. The summed E-state index contributed by atoms with van der Waals surface area (Å²) < 4.78 is 6.79. The van der Waals surface area contributed by atoms with Gasteiger partial charge in [-0.05, 0) is 34.8 Å². The number of fused-ring (bicyclic) bond motifs is 4. The molecule has 172 valence electrons. The summed E-state index contributed by atoms with van der Waals surface area (Å²) in [7, 11) is 1.53. The predicted molar refractivity (Wildman–Crippen MR) is 129 cm³/mol. The van der Waals surface area contributed by atoms with Crippen LogP contribution in [0.1, 0.15) is 29.3 Å². The normalized spacial score (nSPS) is 12.7. The van der Waals surface area contributed by atoms with E-state index >= 15 is 0 Å². The molecule has 3 N–H and O–H groups in total. The van der Waals surface area contributed by atoms with Crippen molar-refractivity contribution in [2.45, 2.75) is 12.3 Å². The van der Waals surface area contributed by atoms with E-state index in [-0.39, 0.29) is 23.7 Å². The van der Waals surface area contributed by atoms with Gasteiger partial charge in [0.2, 0.25) is 0 Å². The summed E-state index contributed by atoms with van der Waals surface area (Å²) in [6.45, 7) is 0.647. The molecule has 5 rings (SSSR count). The summed E-state index contributed by atoms with van der Waals surface area (Å²) in [4.78, 5) is 45.2. The standard InChI is InChI=1S/C25H23N5O4/c1-30-22-21(23(31)29-24(30)32)27-20(28-22)12-6-7-13-26-25(33)34-14-19-17-10-4-2-8-15(17)16-9-3-5-11-18(16)19/h2-6,8-12,19H,7,13-14H2,1H3,(H,26,33)(H,27,28)(H,29,31,32). The minimum absolute atomic E-state index is 0.0187. The highest BCUT2D eigenvalue weighted by Gasteiger charge is 2.28. The van der Waals surface area contributed by atoms with Crippen molar-refractivity contribution in [3.63, 3.8) is 0 Å². The number of benzene rings is 2. The summed E-state index contributed by atoms with van der Waals surface area (Å²) in [6.07, 6.45) is 3.58. The van der Waals surface area contributed by atoms with Gasteiger partial charge in [-0.1, -0.05) is 54.6 Å². The van der Waals surface area contributed by atoms with Crippen molar-refractivity contribution in [1.82, 2.24) is 24.8 Å². The van der Waals surface area contributed by atoms with Crippen LogP contribution in [0.4, 0.5) is 4.79 Å². The highest BCUT2D eigenvalue weighted by molar-refractivity contribution is 5.79. The first-order chi connectivity index (χ1) is 16.5. The molecule has 9 nitrogen and oxygen atoms in total. The van der Waals surface area contributed by atoms with Gasteiger partial charge >= 0.3 is 11.8 Å². The molecular weight excluding hydrogens is 434 g/mol. The first-order valence-electron chi connectivity index (χ1n) is 11.0. The third kappa shape index (κ3) is 3.92. The molecule has 0 aliphatic heterocycles. The minimum atomic E-state index is -0.521. The zero-order valence-corrected chi connectivity index (χ0v) is 18.5. The average molecular weight is 457 g/mol. The van der Waals surface area contributed by atoms with Crippen molar-refractivity contribution in [3.8, 4) is 11.1 Å². The molecule has 1 amide bonds. The van der Waals surface area contributed by atoms with E-state index in [9.17, 15) is 14.4 Å². The van der Waals surface area contributed by atoms with Crippen LogP contribution in [0, 0.1) is 0 Å². The zero-order chi connectivity index (χ0) is 23.7. The van der Waals surface area contributed by atoms with E-state index in [1.165, 1.54) is 33.9 Å². The minimum Gasteiger partial charge on any atom is -0.449 e. The van der Waals surface area contributed by atoms with Gasteiger partial charge in [-0.3, -0.25) is 14.3 Å². The topological polar surface area (TPSA) is 122 Å². The lowest BCUT2D eigenvalue weighted by atomic mass is 9.98. The van der Waals surface area contributed by atoms with Crippen molar-refractivity contribution < 1.29 is 9.53 Å². The molecule has 0 bridgehead atoms. The van der Waals surface area contributed by atoms with Crippen molar-refractivity contribution in [3.05, 3.63) is 92.4 Å². The molecule has 1 aliphatic rings. The fourth-order valence-corrected chi connectivity index (χ4v) is 4.30. The monoisotopic (exact) mass is 457 g/mol. The second-order valence-electron chi connectivity index (χ2n) is 8.08. The molecule has 0 unspecified atom stereocenters. The summed E-state index contributed by atoms with van der Waals surface area (Å²) >= 11 is 0. The fourth-order valence-electron chi connectivity index (χ4n) is 4.30. The zero-order valence-electron chi connectivity index (χ0n) is 18.5. The number of carbonyl (C=O) groups is 1.